The van der Waals surface area contributed by atoms with Crippen molar-refractivity contribution in [3.63, 3.8) is 0 Å². The minimum Gasteiger partial charge on any atom is -0.343 e. The van der Waals surface area contributed by atoms with Crippen molar-refractivity contribution in [2.24, 2.45) is 0 Å². The lowest BCUT2D eigenvalue weighted by Crippen LogP contribution is -2.37. The van der Waals surface area contributed by atoms with Crippen LogP contribution in [-0.2, 0) is 13.3 Å². The topological polar surface area (TPSA) is 59.7 Å². The average molecular weight is 264 g/mol. The first-order valence-electron chi connectivity index (χ1n) is 5.65. The summed E-state index contributed by atoms with van der Waals surface area (Å²) in [5.41, 5.74) is 1.98. The number of nitrogens with one attached hydrogen (secondary N) is 2. The molecule has 0 amide bonds. The Balaban J connectivity index is 1.72. The zero-order chi connectivity index (χ0) is 13.0. The van der Waals surface area contributed by atoms with Gasteiger partial charge in [-0.2, -0.15) is 10.2 Å². The van der Waals surface area contributed by atoms with Crippen LogP contribution in [0.1, 0.15) is 11.4 Å². The second-order valence-electron chi connectivity index (χ2n) is 3.99. The summed E-state index contributed by atoms with van der Waals surface area (Å²) in [5, 5.41) is 15.2. The normalized spacial score (nSPS) is 10.3. The zero-order valence-corrected chi connectivity index (χ0v) is 11.2. The number of hydrogen-bond donors (Lipinski definition) is 2. The molecule has 2 heterocycles. The molecule has 2 rings (SSSR count). The Morgan fingerprint density at radius 3 is 1.83 bits per heavy atom. The highest BCUT2D eigenvalue weighted by molar-refractivity contribution is 7.80. The van der Waals surface area contributed by atoms with Crippen LogP contribution in [0, 0.1) is 13.8 Å². The van der Waals surface area contributed by atoms with Gasteiger partial charge in [0.1, 0.15) is 13.3 Å². The summed E-state index contributed by atoms with van der Waals surface area (Å²) < 4.78 is 3.59. The predicted molar refractivity (Wildman–Crippen MR) is 72.8 cm³/mol. The summed E-state index contributed by atoms with van der Waals surface area (Å²) in [7, 11) is 0. The van der Waals surface area contributed by atoms with Crippen LogP contribution in [-0.4, -0.2) is 24.7 Å². The molecule has 96 valence electrons. The molecule has 0 unspecified atom stereocenters. The van der Waals surface area contributed by atoms with E-state index in [1.54, 1.807) is 9.36 Å². The predicted octanol–water partition coefficient (Wildman–Crippen LogP) is 0.776. The quantitative estimate of drug-likeness (QED) is 0.799. The van der Waals surface area contributed by atoms with E-state index in [-0.39, 0.29) is 0 Å². The Labute approximate surface area is 111 Å². The van der Waals surface area contributed by atoms with Crippen LogP contribution in [0.3, 0.4) is 0 Å². The van der Waals surface area contributed by atoms with Gasteiger partial charge >= 0.3 is 0 Å². The van der Waals surface area contributed by atoms with Crippen LogP contribution in [0.4, 0.5) is 0 Å². The molecule has 0 bridgehead atoms. The lowest BCUT2D eigenvalue weighted by atomic mass is 10.5. The van der Waals surface area contributed by atoms with Crippen LogP contribution in [0.15, 0.2) is 24.5 Å². The largest absolute Gasteiger partial charge is 0.343 e. The fourth-order valence-corrected chi connectivity index (χ4v) is 1.60. The molecular formula is C11H16N6S. The second kappa shape index (κ2) is 5.63. The third-order valence-electron chi connectivity index (χ3n) is 2.35. The minimum absolute atomic E-state index is 0.553. The molecule has 2 aromatic rings. The summed E-state index contributed by atoms with van der Waals surface area (Å²) in [4.78, 5) is 0. The fourth-order valence-electron chi connectivity index (χ4n) is 1.47. The van der Waals surface area contributed by atoms with Gasteiger partial charge in [-0.05, 0) is 38.2 Å². The van der Waals surface area contributed by atoms with Crippen LogP contribution in [0.2, 0.25) is 0 Å². The summed E-state index contributed by atoms with van der Waals surface area (Å²) in [6.45, 7) is 5.01. The van der Waals surface area contributed by atoms with Crippen molar-refractivity contribution in [1.82, 2.24) is 30.2 Å². The third kappa shape index (κ3) is 3.56. The van der Waals surface area contributed by atoms with E-state index in [2.05, 4.69) is 20.8 Å². The Morgan fingerprint density at radius 1 is 1.06 bits per heavy atom. The van der Waals surface area contributed by atoms with Gasteiger partial charge in [0.2, 0.25) is 0 Å². The van der Waals surface area contributed by atoms with Crippen LogP contribution in [0.25, 0.3) is 0 Å². The van der Waals surface area contributed by atoms with E-state index in [1.165, 1.54) is 0 Å². The molecule has 0 aliphatic rings. The maximum Gasteiger partial charge on any atom is 0.169 e. The monoisotopic (exact) mass is 264 g/mol. The summed E-state index contributed by atoms with van der Waals surface area (Å²) in [5.74, 6) is 0. The maximum absolute atomic E-state index is 5.16. The molecule has 0 saturated heterocycles. The standard InChI is InChI=1S/C11H16N6S/c1-9-3-5-16(14-9)7-12-11(18)13-8-17-6-4-10(2)15-17/h3-6H,7-8H2,1-2H3,(H2,12,13,18). The number of thiocarbonyl (C=S) groups is 1. The molecule has 0 atom stereocenters. The van der Waals surface area contributed by atoms with Crippen molar-refractivity contribution in [3.8, 4) is 0 Å². The van der Waals surface area contributed by atoms with Crippen LogP contribution < -0.4 is 10.6 Å². The molecule has 6 nitrogen and oxygen atoms in total. The summed E-state index contributed by atoms with van der Waals surface area (Å²) >= 11 is 5.16. The molecule has 0 aliphatic carbocycles. The Morgan fingerprint density at radius 2 is 1.50 bits per heavy atom. The highest BCUT2D eigenvalue weighted by atomic mass is 32.1. The van der Waals surface area contributed by atoms with Gasteiger partial charge in [-0.15, -0.1) is 0 Å². The van der Waals surface area contributed by atoms with E-state index in [0.29, 0.717) is 18.4 Å². The summed E-state index contributed by atoms with van der Waals surface area (Å²) in [6.07, 6.45) is 3.81. The van der Waals surface area contributed by atoms with E-state index < -0.39 is 0 Å². The highest BCUT2D eigenvalue weighted by Gasteiger charge is 1.98. The molecule has 0 aliphatic heterocycles. The van der Waals surface area contributed by atoms with Gasteiger partial charge in [0.05, 0.1) is 11.4 Å². The van der Waals surface area contributed by atoms with Gasteiger partial charge in [-0.1, -0.05) is 0 Å². The molecule has 0 aromatic carbocycles. The molecule has 0 fully saturated rings. The van der Waals surface area contributed by atoms with Crippen molar-refractivity contribution < 1.29 is 0 Å². The zero-order valence-electron chi connectivity index (χ0n) is 10.4. The third-order valence-corrected chi connectivity index (χ3v) is 2.64. The van der Waals surface area contributed by atoms with E-state index in [0.717, 1.165) is 11.4 Å². The Kier molecular flexibility index (Phi) is 3.93. The maximum atomic E-state index is 5.16. The average Bonchev–Trinajstić information content (AvgIpc) is 2.93. The Bertz CT molecular complexity index is 483. The minimum atomic E-state index is 0.553. The van der Waals surface area contributed by atoms with Gasteiger partial charge in [0, 0.05) is 12.4 Å². The van der Waals surface area contributed by atoms with Crippen molar-refractivity contribution in [1.29, 1.82) is 0 Å². The van der Waals surface area contributed by atoms with Crippen LogP contribution in [0.5, 0.6) is 0 Å². The molecule has 0 spiro atoms. The number of rotatable bonds is 4. The SMILES string of the molecule is Cc1ccn(CNC(=S)NCn2ccc(C)n2)n1. The molecule has 2 N–H and O–H groups in total. The van der Waals surface area contributed by atoms with E-state index in [1.807, 2.05) is 38.4 Å². The molecule has 18 heavy (non-hydrogen) atoms. The van der Waals surface area contributed by atoms with E-state index in [9.17, 15) is 0 Å². The van der Waals surface area contributed by atoms with Gasteiger partial charge in [0.25, 0.3) is 0 Å². The van der Waals surface area contributed by atoms with Gasteiger partial charge < -0.3 is 10.6 Å². The first-order chi connectivity index (χ1) is 8.63. The van der Waals surface area contributed by atoms with E-state index >= 15 is 0 Å². The molecule has 0 saturated carbocycles. The number of aromatic nitrogens is 4. The number of hydrogen-bond acceptors (Lipinski definition) is 3. The first-order valence-corrected chi connectivity index (χ1v) is 6.06. The molecule has 2 aromatic heterocycles. The molecular weight excluding hydrogens is 248 g/mol. The van der Waals surface area contributed by atoms with Gasteiger partial charge in [0.15, 0.2) is 5.11 Å². The van der Waals surface area contributed by atoms with Crippen molar-refractivity contribution in [2.75, 3.05) is 0 Å². The van der Waals surface area contributed by atoms with Gasteiger partial charge in [-0.25, -0.2) is 0 Å². The summed E-state index contributed by atoms with van der Waals surface area (Å²) in [6, 6.07) is 3.90. The molecule has 0 radical (unpaired) electrons. The smallest absolute Gasteiger partial charge is 0.169 e. The van der Waals surface area contributed by atoms with Crippen molar-refractivity contribution in [2.45, 2.75) is 27.2 Å². The lowest BCUT2D eigenvalue weighted by molar-refractivity contribution is 0.552. The fraction of sp³-hybridized carbons (Fsp3) is 0.364. The van der Waals surface area contributed by atoms with Crippen LogP contribution >= 0.6 is 12.2 Å². The van der Waals surface area contributed by atoms with Gasteiger partial charge in [-0.3, -0.25) is 9.36 Å². The van der Waals surface area contributed by atoms with Crippen molar-refractivity contribution >= 4 is 17.3 Å². The first kappa shape index (κ1) is 12.6. The Hall–Kier alpha value is -1.89. The number of nitrogens with zero attached hydrogens (tertiary/aromatic N) is 4. The highest BCUT2D eigenvalue weighted by Crippen LogP contribution is 1.92. The van der Waals surface area contributed by atoms with E-state index in [4.69, 9.17) is 12.2 Å². The second-order valence-corrected chi connectivity index (χ2v) is 4.40. The lowest BCUT2D eigenvalue weighted by Gasteiger charge is -2.10. The van der Waals surface area contributed by atoms with Crippen molar-refractivity contribution in [3.05, 3.63) is 35.9 Å². The molecule has 7 heteroatoms. The number of aryl methyl sites for hydroxylation is 2.